The number of alkyl halides is 2. The maximum Gasteiger partial charge on any atom is 0.341 e. The number of sulfone groups is 1. The van der Waals surface area contributed by atoms with Crippen LogP contribution < -0.4 is 5.32 Å². The van der Waals surface area contributed by atoms with E-state index in [0.29, 0.717) is 0 Å². The lowest BCUT2D eigenvalue weighted by Gasteiger charge is -2.32. The van der Waals surface area contributed by atoms with Gasteiger partial charge in [0.2, 0.25) is 9.84 Å². The first-order valence-corrected chi connectivity index (χ1v) is 8.50. The van der Waals surface area contributed by atoms with E-state index in [-0.39, 0.29) is 29.1 Å². The number of halogens is 2. The Morgan fingerprint density at radius 1 is 1.24 bits per heavy atom. The summed E-state index contributed by atoms with van der Waals surface area (Å²) in [4.78, 5) is -0.387. The van der Waals surface area contributed by atoms with Crippen molar-refractivity contribution in [3.63, 3.8) is 0 Å². The van der Waals surface area contributed by atoms with Gasteiger partial charge < -0.3 is 10.4 Å². The van der Waals surface area contributed by atoms with E-state index in [1.165, 1.54) is 18.2 Å². The lowest BCUT2D eigenvalue weighted by Crippen LogP contribution is -2.34. The van der Waals surface area contributed by atoms with E-state index in [1.54, 1.807) is 6.07 Å². The minimum Gasteiger partial charge on any atom is -0.396 e. The number of anilines is 1. The zero-order valence-electron chi connectivity index (χ0n) is 11.5. The number of para-hydroxylation sites is 1. The summed E-state index contributed by atoms with van der Waals surface area (Å²) in [5.74, 6) is -3.43. The molecule has 1 fully saturated rings. The van der Waals surface area contributed by atoms with Crippen molar-refractivity contribution in [1.82, 2.24) is 0 Å². The monoisotopic (exact) mass is 319 g/mol. The van der Waals surface area contributed by atoms with Gasteiger partial charge >= 0.3 is 5.76 Å². The van der Waals surface area contributed by atoms with E-state index < -0.39 is 15.6 Å². The van der Waals surface area contributed by atoms with Gasteiger partial charge in [-0.2, -0.15) is 8.78 Å². The van der Waals surface area contributed by atoms with E-state index in [2.05, 4.69) is 5.32 Å². The van der Waals surface area contributed by atoms with Crippen molar-refractivity contribution in [3.05, 3.63) is 24.3 Å². The van der Waals surface area contributed by atoms with Crippen molar-refractivity contribution in [1.29, 1.82) is 0 Å². The third kappa shape index (κ3) is 3.52. The molecular formula is C14H19F2NO3S. The van der Waals surface area contributed by atoms with Gasteiger partial charge in [0.1, 0.15) is 0 Å². The summed E-state index contributed by atoms with van der Waals surface area (Å²) in [6.07, 6.45) is 3.62. The molecule has 1 aromatic rings. The highest BCUT2D eigenvalue weighted by Crippen LogP contribution is 2.31. The molecule has 21 heavy (non-hydrogen) atoms. The van der Waals surface area contributed by atoms with Gasteiger partial charge in [0.25, 0.3) is 0 Å². The van der Waals surface area contributed by atoms with Crippen LogP contribution >= 0.6 is 0 Å². The summed E-state index contributed by atoms with van der Waals surface area (Å²) in [5, 5.41) is 12.4. The van der Waals surface area contributed by atoms with Crippen molar-refractivity contribution in [2.45, 2.75) is 42.4 Å². The summed E-state index contributed by atoms with van der Waals surface area (Å²) >= 11 is 0. The molecule has 0 aliphatic heterocycles. The fourth-order valence-corrected chi connectivity index (χ4v) is 3.64. The van der Waals surface area contributed by atoms with Crippen molar-refractivity contribution in [2.75, 3.05) is 11.9 Å². The summed E-state index contributed by atoms with van der Waals surface area (Å²) in [6.45, 7) is 0.00142. The normalized spacial score (nSPS) is 23.2. The molecule has 4 nitrogen and oxygen atoms in total. The van der Waals surface area contributed by atoms with Crippen molar-refractivity contribution in [3.8, 4) is 0 Å². The van der Waals surface area contributed by atoms with Gasteiger partial charge in [-0.3, -0.25) is 0 Å². The smallest absolute Gasteiger partial charge is 0.341 e. The third-order valence-corrected chi connectivity index (χ3v) is 5.35. The quantitative estimate of drug-likeness (QED) is 0.875. The predicted octanol–water partition coefficient (Wildman–Crippen LogP) is 2.65. The van der Waals surface area contributed by atoms with E-state index >= 15 is 0 Å². The molecule has 0 amide bonds. The second-order valence-electron chi connectivity index (χ2n) is 5.28. The van der Waals surface area contributed by atoms with E-state index in [1.807, 2.05) is 0 Å². The molecule has 2 atom stereocenters. The van der Waals surface area contributed by atoms with E-state index in [0.717, 1.165) is 25.7 Å². The molecule has 1 aliphatic carbocycles. The first-order chi connectivity index (χ1) is 9.96. The highest BCUT2D eigenvalue weighted by Gasteiger charge is 2.31. The van der Waals surface area contributed by atoms with Gasteiger partial charge in [-0.15, -0.1) is 0 Å². The Balaban J connectivity index is 2.28. The standard InChI is InChI=1S/C14H19F2NO3S/c15-14(16)21(19,20)13-8-4-3-7-12(13)17-11-6-2-1-5-10(11)9-18/h3-4,7-8,10-11,14,17-18H,1-2,5-6,9H2. The molecule has 7 heteroatoms. The van der Waals surface area contributed by atoms with Crippen molar-refractivity contribution in [2.24, 2.45) is 5.92 Å². The van der Waals surface area contributed by atoms with Gasteiger partial charge in [0, 0.05) is 18.6 Å². The molecule has 1 aliphatic rings. The number of benzene rings is 1. The Morgan fingerprint density at radius 2 is 1.90 bits per heavy atom. The number of aliphatic hydroxyl groups excluding tert-OH is 1. The zero-order valence-corrected chi connectivity index (χ0v) is 12.3. The SMILES string of the molecule is O=S(=O)(c1ccccc1NC1CCCCC1CO)C(F)F. The maximum absolute atomic E-state index is 12.7. The minimum absolute atomic E-state index is 0.00142. The fraction of sp³-hybridized carbons (Fsp3) is 0.571. The van der Waals surface area contributed by atoms with Crippen LogP contribution in [0.2, 0.25) is 0 Å². The van der Waals surface area contributed by atoms with Crippen LogP contribution in [0, 0.1) is 5.92 Å². The number of rotatable bonds is 5. The van der Waals surface area contributed by atoms with Gasteiger partial charge in [0.15, 0.2) is 0 Å². The summed E-state index contributed by atoms with van der Waals surface area (Å²) in [5.41, 5.74) is 0.183. The zero-order chi connectivity index (χ0) is 15.5. The minimum atomic E-state index is -4.64. The number of hydrogen-bond acceptors (Lipinski definition) is 4. The molecule has 0 heterocycles. The molecule has 2 unspecified atom stereocenters. The lowest BCUT2D eigenvalue weighted by molar-refractivity contribution is 0.178. The van der Waals surface area contributed by atoms with Gasteiger partial charge in [-0.1, -0.05) is 25.0 Å². The van der Waals surface area contributed by atoms with Crippen LogP contribution in [-0.2, 0) is 9.84 Å². The number of aliphatic hydroxyl groups is 1. The van der Waals surface area contributed by atoms with Crippen LogP contribution in [0.5, 0.6) is 0 Å². The molecule has 0 spiro atoms. The molecule has 2 N–H and O–H groups in total. The maximum atomic E-state index is 12.7. The highest BCUT2D eigenvalue weighted by molar-refractivity contribution is 7.91. The first-order valence-electron chi connectivity index (χ1n) is 6.95. The Kier molecular flexibility index (Phi) is 5.16. The third-order valence-electron chi connectivity index (χ3n) is 3.91. The Hall–Kier alpha value is -1.21. The second kappa shape index (κ2) is 6.70. The van der Waals surface area contributed by atoms with Crippen LogP contribution in [0.1, 0.15) is 25.7 Å². The predicted molar refractivity (Wildman–Crippen MR) is 76.1 cm³/mol. The topological polar surface area (TPSA) is 66.4 Å². The molecule has 0 bridgehead atoms. The Labute approximate surface area is 123 Å². The summed E-state index contributed by atoms with van der Waals surface area (Å²) in [6, 6.07) is 5.59. The second-order valence-corrected chi connectivity index (χ2v) is 7.17. The molecule has 0 saturated heterocycles. The van der Waals surface area contributed by atoms with Crippen LogP contribution in [-0.4, -0.2) is 31.9 Å². The van der Waals surface area contributed by atoms with Crippen molar-refractivity contribution < 1.29 is 22.3 Å². The summed E-state index contributed by atoms with van der Waals surface area (Å²) < 4.78 is 48.9. The lowest BCUT2D eigenvalue weighted by atomic mass is 9.85. The largest absolute Gasteiger partial charge is 0.396 e. The Morgan fingerprint density at radius 3 is 2.57 bits per heavy atom. The van der Waals surface area contributed by atoms with E-state index in [4.69, 9.17) is 0 Å². The first kappa shape index (κ1) is 16.2. The van der Waals surface area contributed by atoms with Gasteiger partial charge in [-0.25, -0.2) is 8.42 Å². The molecule has 118 valence electrons. The summed E-state index contributed by atoms with van der Waals surface area (Å²) in [7, 11) is -4.64. The average molecular weight is 319 g/mol. The van der Waals surface area contributed by atoms with Crippen LogP contribution in [0.3, 0.4) is 0 Å². The number of hydrogen-bond donors (Lipinski definition) is 2. The Bertz CT molecular complexity index is 577. The van der Waals surface area contributed by atoms with Crippen LogP contribution in [0.25, 0.3) is 0 Å². The molecular weight excluding hydrogens is 300 g/mol. The highest BCUT2D eigenvalue weighted by atomic mass is 32.2. The molecule has 0 aromatic heterocycles. The number of nitrogens with one attached hydrogen (secondary N) is 1. The molecule has 2 rings (SSSR count). The molecule has 1 aromatic carbocycles. The van der Waals surface area contributed by atoms with Crippen LogP contribution in [0.4, 0.5) is 14.5 Å². The average Bonchev–Trinajstić information content (AvgIpc) is 2.48. The van der Waals surface area contributed by atoms with Crippen molar-refractivity contribution >= 4 is 15.5 Å². The fourth-order valence-electron chi connectivity index (χ4n) is 2.75. The van der Waals surface area contributed by atoms with Gasteiger partial charge in [-0.05, 0) is 25.0 Å². The molecule has 1 saturated carbocycles. The van der Waals surface area contributed by atoms with E-state index in [9.17, 15) is 22.3 Å². The van der Waals surface area contributed by atoms with Gasteiger partial charge in [0.05, 0.1) is 10.6 Å². The van der Waals surface area contributed by atoms with Crippen LogP contribution in [0.15, 0.2) is 29.2 Å². The molecule has 0 radical (unpaired) electrons.